The van der Waals surface area contributed by atoms with Crippen LogP contribution in [0.5, 0.6) is 0 Å². The minimum absolute atomic E-state index is 0.108. The van der Waals surface area contributed by atoms with Gasteiger partial charge in [-0.05, 0) is 12.1 Å². The monoisotopic (exact) mass is 497 g/mol. The number of nitrogens with one attached hydrogen (secondary N) is 2. The summed E-state index contributed by atoms with van der Waals surface area (Å²) < 4.78 is 70.2. The highest BCUT2D eigenvalue weighted by atomic mass is 35.5. The summed E-state index contributed by atoms with van der Waals surface area (Å²) in [6.07, 6.45) is -1.54. The Morgan fingerprint density at radius 2 is 1.91 bits per heavy atom. The molecule has 13 heteroatoms. The Morgan fingerprint density at radius 3 is 2.62 bits per heavy atom. The van der Waals surface area contributed by atoms with Crippen molar-refractivity contribution in [1.82, 2.24) is 15.1 Å². The number of nitrogens with zero attached hydrogens (tertiary/aromatic N) is 3. The first-order chi connectivity index (χ1) is 16.1. The number of fused-ring (bicyclic) bond motifs is 1. The Bertz CT molecular complexity index is 1410. The number of H-pyrrole nitrogens is 1. The number of anilines is 2. The summed E-state index contributed by atoms with van der Waals surface area (Å²) in [5.41, 5.74) is 0.754. The molecule has 1 aliphatic heterocycles. The van der Waals surface area contributed by atoms with Crippen LogP contribution in [0.15, 0.2) is 41.2 Å². The fourth-order valence-electron chi connectivity index (χ4n) is 3.58. The van der Waals surface area contributed by atoms with Crippen molar-refractivity contribution in [3.63, 3.8) is 0 Å². The lowest BCUT2D eigenvalue weighted by atomic mass is 9.99. The van der Waals surface area contributed by atoms with E-state index in [-0.39, 0.29) is 46.5 Å². The fourth-order valence-corrected chi connectivity index (χ4v) is 3.87. The molecule has 176 valence electrons. The third kappa shape index (κ3) is 3.94. The number of alkyl halides is 3. The molecule has 2 N–H and O–H groups in total. The zero-order chi connectivity index (χ0) is 24.2. The van der Waals surface area contributed by atoms with Crippen LogP contribution in [0.1, 0.15) is 10.5 Å². The van der Waals surface area contributed by atoms with Crippen molar-refractivity contribution in [2.75, 3.05) is 23.3 Å². The normalized spacial score (nSPS) is 14.5. The van der Waals surface area contributed by atoms with Crippen molar-refractivity contribution >= 4 is 39.9 Å². The molecule has 4 heterocycles. The summed E-state index contributed by atoms with van der Waals surface area (Å²) in [6, 6.07) is 4.69. The van der Waals surface area contributed by atoms with Crippen LogP contribution in [0.2, 0.25) is 5.02 Å². The molecule has 0 radical (unpaired) electrons. The Kier molecular flexibility index (Phi) is 5.19. The van der Waals surface area contributed by atoms with Gasteiger partial charge < -0.3 is 19.7 Å². The van der Waals surface area contributed by atoms with Gasteiger partial charge in [-0.3, -0.25) is 4.79 Å². The lowest BCUT2D eigenvalue weighted by Crippen LogP contribution is -2.53. The Hall–Kier alpha value is -3.67. The predicted molar refractivity (Wildman–Crippen MR) is 113 cm³/mol. The average Bonchev–Trinajstić information content (AvgIpc) is 3.36. The van der Waals surface area contributed by atoms with E-state index >= 15 is 0 Å². The number of carbonyl (C=O) groups is 1. The Balaban J connectivity index is 1.31. The summed E-state index contributed by atoms with van der Waals surface area (Å²) in [7, 11) is 0. The fraction of sp³-hybridized carbons (Fsp3) is 0.190. The molecule has 1 aliphatic rings. The molecule has 34 heavy (non-hydrogen) atoms. The summed E-state index contributed by atoms with van der Waals surface area (Å²) in [5, 5.41) is 6.62. The third-order valence-electron chi connectivity index (χ3n) is 5.46. The van der Waals surface area contributed by atoms with Crippen molar-refractivity contribution in [1.29, 1.82) is 0 Å². The lowest BCUT2D eigenvalue weighted by molar-refractivity contribution is -0.180. The van der Waals surface area contributed by atoms with Crippen LogP contribution in [0.3, 0.4) is 0 Å². The molecule has 0 unspecified atom stereocenters. The van der Waals surface area contributed by atoms with Crippen LogP contribution in [0.4, 0.5) is 33.5 Å². The lowest BCUT2D eigenvalue weighted by Gasteiger charge is -2.41. The maximum absolute atomic E-state index is 13.6. The largest absolute Gasteiger partial charge is 0.395 e. The molecule has 5 rings (SSSR count). The van der Waals surface area contributed by atoms with Crippen LogP contribution < -0.4 is 10.2 Å². The van der Waals surface area contributed by atoms with E-state index in [9.17, 15) is 26.7 Å². The summed E-state index contributed by atoms with van der Waals surface area (Å²) >= 11 is 6.20. The zero-order valence-corrected chi connectivity index (χ0v) is 17.6. The molecule has 0 aliphatic carbocycles. The quantitative estimate of drug-likeness (QED) is 0.369. The number of amides is 1. The molecule has 0 spiro atoms. The van der Waals surface area contributed by atoms with Crippen LogP contribution in [-0.2, 0) is 0 Å². The number of pyridine rings is 1. The first-order valence-electron chi connectivity index (χ1n) is 9.82. The highest BCUT2D eigenvalue weighted by Gasteiger charge is 2.47. The van der Waals surface area contributed by atoms with Crippen molar-refractivity contribution in [2.45, 2.75) is 6.18 Å². The van der Waals surface area contributed by atoms with Crippen LogP contribution in [0, 0.1) is 17.6 Å². The minimum atomic E-state index is -4.27. The van der Waals surface area contributed by atoms with E-state index < -0.39 is 29.6 Å². The number of benzene rings is 1. The number of carbonyl (C=O) groups excluding carboxylic acids is 1. The summed E-state index contributed by atoms with van der Waals surface area (Å²) in [5.74, 6) is -3.82. The van der Waals surface area contributed by atoms with Gasteiger partial charge in [-0.15, -0.1) is 0 Å². The molecule has 1 amide bonds. The highest BCUT2D eigenvalue weighted by molar-refractivity contribution is 6.33. The molecular weight excluding hydrogens is 485 g/mol. The van der Waals surface area contributed by atoms with Gasteiger partial charge in [0.2, 0.25) is 0 Å². The Morgan fingerprint density at radius 1 is 1.18 bits per heavy atom. The summed E-state index contributed by atoms with van der Waals surface area (Å²) in [4.78, 5) is 20.8. The van der Waals surface area contributed by atoms with Gasteiger partial charge in [-0.1, -0.05) is 16.8 Å². The van der Waals surface area contributed by atoms with E-state index in [2.05, 4.69) is 20.4 Å². The first-order valence-corrected chi connectivity index (χ1v) is 10.2. The molecule has 1 fully saturated rings. The number of hydrogen-bond acceptors (Lipinski definition) is 5. The maximum atomic E-state index is 13.6. The summed E-state index contributed by atoms with van der Waals surface area (Å²) in [6.45, 7) is -0.459. The molecule has 0 bridgehead atoms. The van der Waals surface area contributed by atoms with E-state index in [1.54, 1.807) is 0 Å². The van der Waals surface area contributed by atoms with Gasteiger partial charge in [-0.25, -0.2) is 13.8 Å². The topological polar surface area (TPSA) is 87.0 Å². The molecule has 4 aromatic rings. The van der Waals surface area contributed by atoms with Gasteiger partial charge in [0.1, 0.15) is 5.82 Å². The van der Waals surface area contributed by atoms with Crippen LogP contribution in [0.25, 0.3) is 22.2 Å². The van der Waals surface area contributed by atoms with Gasteiger partial charge in [0.15, 0.2) is 23.1 Å². The Labute approximate surface area is 192 Å². The molecular formula is C21H13ClF5N5O2. The van der Waals surface area contributed by atoms with Gasteiger partial charge in [0, 0.05) is 48.6 Å². The number of hydrogen-bond donors (Lipinski definition) is 2. The third-order valence-corrected chi connectivity index (χ3v) is 5.74. The number of aromatic amines is 1. The number of aromatic nitrogens is 3. The average molecular weight is 498 g/mol. The van der Waals surface area contributed by atoms with Gasteiger partial charge >= 0.3 is 6.18 Å². The zero-order valence-electron chi connectivity index (χ0n) is 16.9. The van der Waals surface area contributed by atoms with Crippen molar-refractivity contribution < 1.29 is 31.3 Å². The van der Waals surface area contributed by atoms with E-state index in [0.717, 1.165) is 12.1 Å². The van der Waals surface area contributed by atoms with E-state index in [1.165, 1.54) is 29.4 Å². The number of halogens is 6. The second-order valence-corrected chi connectivity index (χ2v) is 8.12. The second kappa shape index (κ2) is 7.97. The van der Waals surface area contributed by atoms with Crippen molar-refractivity contribution in [3.8, 4) is 11.3 Å². The molecule has 3 aromatic heterocycles. The van der Waals surface area contributed by atoms with Gasteiger partial charge in [0.25, 0.3) is 5.91 Å². The van der Waals surface area contributed by atoms with Crippen LogP contribution in [-0.4, -0.2) is 40.3 Å². The number of rotatable bonds is 4. The SMILES string of the molecule is O=C(Nc1c[nH]c2cc(F)c(F)cc12)c1cc(-c2cnc(N3CC(C(F)(F)F)C3)c(Cl)c2)on1. The van der Waals surface area contributed by atoms with Gasteiger partial charge in [-0.2, -0.15) is 13.2 Å². The van der Waals surface area contributed by atoms with Crippen molar-refractivity contribution in [3.05, 3.63) is 59.0 Å². The van der Waals surface area contributed by atoms with E-state index in [1.807, 2.05) is 0 Å². The molecule has 7 nitrogen and oxygen atoms in total. The smallest absolute Gasteiger partial charge is 0.359 e. The second-order valence-electron chi connectivity index (χ2n) is 7.72. The maximum Gasteiger partial charge on any atom is 0.395 e. The first kappa shape index (κ1) is 22.1. The van der Waals surface area contributed by atoms with Crippen LogP contribution >= 0.6 is 11.6 Å². The van der Waals surface area contributed by atoms with Crippen molar-refractivity contribution in [2.24, 2.45) is 5.92 Å². The molecule has 0 atom stereocenters. The van der Waals surface area contributed by atoms with E-state index in [0.29, 0.717) is 11.1 Å². The standard InChI is InChI=1S/C21H13ClF5N5O2/c22-12-1-9(5-29-19(12)32-7-10(8-32)21(25,26)27)18-4-16(31-34-18)20(33)30-17-6-28-15-3-14(24)13(23)2-11(15)17/h1-6,10,28H,7-8H2,(H,30,33). The molecule has 1 saturated heterocycles. The minimum Gasteiger partial charge on any atom is -0.359 e. The van der Waals surface area contributed by atoms with E-state index in [4.69, 9.17) is 16.1 Å². The highest BCUT2D eigenvalue weighted by Crippen LogP contribution is 2.38. The predicted octanol–water partition coefficient (Wildman–Crippen LogP) is 5.40. The molecule has 1 aromatic carbocycles. The molecule has 0 saturated carbocycles. The van der Waals surface area contributed by atoms with Gasteiger partial charge in [0.05, 0.1) is 22.1 Å².